The van der Waals surface area contributed by atoms with Gasteiger partial charge in [-0.25, -0.2) is 0 Å². The predicted molar refractivity (Wildman–Crippen MR) is 40.2 cm³/mol. The maximum Gasteiger partial charge on any atom is 0.273 e. The molecule has 0 saturated heterocycles. The maximum absolute atomic E-state index is 5.03. The summed E-state index contributed by atoms with van der Waals surface area (Å²) in [7, 11) is 0. The third kappa shape index (κ3) is 2.02. The molecule has 56 valence electrons. The van der Waals surface area contributed by atoms with Crippen molar-refractivity contribution in [1.82, 2.24) is 10.2 Å². The fourth-order valence-electron chi connectivity index (χ4n) is 0.674. The van der Waals surface area contributed by atoms with Crippen LogP contribution >= 0.6 is 12.6 Å². The van der Waals surface area contributed by atoms with Gasteiger partial charge in [0.15, 0.2) is 0 Å². The molecule has 0 N–H and O–H groups in total. The average Bonchev–Trinajstić information content (AvgIpc) is 2.31. The Kier molecular flexibility index (Phi) is 2.74. The van der Waals surface area contributed by atoms with Crippen molar-refractivity contribution in [2.24, 2.45) is 0 Å². The van der Waals surface area contributed by atoms with Crippen molar-refractivity contribution < 1.29 is 4.42 Å². The Morgan fingerprint density at radius 3 is 2.80 bits per heavy atom. The van der Waals surface area contributed by atoms with E-state index in [4.69, 9.17) is 4.42 Å². The Hall–Kier alpha value is -0.510. The number of hydrogen-bond acceptors (Lipinski definition) is 4. The van der Waals surface area contributed by atoms with Crippen LogP contribution in [0.4, 0.5) is 0 Å². The molecule has 0 aliphatic rings. The third-order valence-corrected chi connectivity index (χ3v) is 1.38. The quantitative estimate of drug-likeness (QED) is 0.680. The minimum absolute atomic E-state index is 0.353. The van der Waals surface area contributed by atoms with E-state index in [2.05, 4.69) is 29.7 Å². The van der Waals surface area contributed by atoms with Gasteiger partial charge in [-0.1, -0.05) is 26.0 Å². The summed E-state index contributed by atoms with van der Waals surface area (Å²) in [5.74, 6) is 0.687. The zero-order chi connectivity index (χ0) is 7.40. The largest absolute Gasteiger partial charge is 0.416 e. The van der Waals surface area contributed by atoms with Crippen molar-refractivity contribution >= 4 is 12.6 Å². The molecule has 0 radical (unpaired) electrons. The van der Waals surface area contributed by atoms with E-state index < -0.39 is 0 Å². The first-order valence-corrected chi connectivity index (χ1v) is 3.79. The summed E-state index contributed by atoms with van der Waals surface area (Å²) < 4.78 is 5.03. The summed E-state index contributed by atoms with van der Waals surface area (Å²) in [5, 5.41) is 7.73. The van der Waals surface area contributed by atoms with Crippen molar-refractivity contribution in [2.75, 3.05) is 0 Å². The zero-order valence-electron chi connectivity index (χ0n) is 5.87. The van der Waals surface area contributed by atoms with Crippen LogP contribution in [0.1, 0.15) is 25.7 Å². The van der Waals surface area contributed by atoms with Gasteiger partial charge in [0.25, 0.3) is 5.22 Å². The van der Waals surface area contributed by atoms with Crippen LogP contribution in [0.25, 0.3) is 0 Å². The minimum atomic E-state index is 0.353. The molecular weight excluding hydrogens is 148 g/mol. The molecule has 0 amide bonds. The van der Waals surface area contributed by atoms with E-state index in [1.807, 2.05) is 0 Å². The Balaban J connectivity index is 2.42. The van der Waals surface area contributed by atoms with Gasteiger partial charge in [0, 0.05) is 6.42 Å². The lowest BCUT2D eigenvalue weighted by Crippen LogP contribution is -1.83. The monoisotopic (exact) mass is 158 g/mol. The molecule has 0 aliphatic carbocycles. The lowest BCUT2D eigenvalue weighted by Gasteiger charge is -1.87. The topological polar surface area (TPSA) is 38.9 Å². The summed E-state index contributed by atoms with van der Waals surface area (Å²) in [6, 6.07) is 0. The standard InChI is InChI=1S/C6H10N2OS/c1-2-3-4-5-7-8-6(10)9-5/h2-4H2,1H3,(H,8,10). The molecule has 1 aromatic heterocycles. The molecule has 1 aromatic rings. The normalized spacial score (nSPS) is 10.2. The molecule has 0 aromatic carbocycles. The van der Waals surface area contributed by atoms with E-state index in [-0.39, 0.29) is 0 Å². The molecule has 0 bridgehead atoms. The van der Waals surface area contributed by atoms with Gasteiger partial charge in [-0.2, -0.15) is 0 Å². The maximum atomic E-state index is 5.03. The first-order valence-electron chi connectivity index (χ1n) is 3.34. The number of aromatic nitrogens is 2. The highest BCUT2D eigenvalue weighted by atomic mass is 32.1. The summed E-state index contributed by atoms with van der Waals surface area (Å²) in [4.78, 5) is 0. The van der Waals surface area contributed by atoms with Crippen LogP contribution in [0, 0.1) is 0 Å². The smallest absolute Gasteiger partial charge is 0.273 e. The molecule has 3 nitrogen and oxygen atoms in total. The zero-order valence-corrected chi connectivity index (χ0v) is 6.77. The summed E-state index contributed by atoms with van der Waals surface area (Å²) in [6.45, 7) is 2.12. The summed E-state index contributed by atoms with van der Waals surface area (Å²) >= 11 is 3.89. The van der Waals surface area contributed by atoms with E-state index >= 15 is 0 Å². The fraction of sp³-hybridized carbons (Fsp3) is 0.667. The van der Waals surface area contributed by atoms with Gasteiger partial charge >= 0.3 is 0 Å². The molecule has 0 fully saturated rings. The molecular formula is C6H10N2OS. The van der Waals surface area contributed by atoms with E-state index in [9.17, 15) is 0 Å². The van der Waals surface area contributed by atoms with E-state index in [0.717, 1.165) is 19.3 Å². The van der Waals surface area contributed by atoms with Gasteiger partial charge in [0.1, 0.15) is 0 Å². The molecule has 0 atom stereocenters. The van der Waals surface area contributed by atoms with E-state index in [1.54, 1.807) is 0 Å². The third-order valence-electron chi connectivity index (χ3n) is 1.20. The average molecular weight is 158 g/mol. The van der Waals surface area contributed by atoms with Crippen molar-refractivity contribution in [3.8, 4) is 0 Å². The molecule has 1 rings (SSSR count). The van der Waals surface area contributed by atoms with Crippen LogP contribution in [0.3, 0.4) is 0 Å². The Labute approximate surface area is 65.2 Å². The van der Waals surface area contributed by atoms with Crippen molar-refractivity contribution in [3.05, 3.63) is 5.89 Å². The van der Waals surface area contributed by atoms with Gasteiger partial charge < -0.3 is 4.42 Å². The second-order valence-electron chi connectivity index (χ2n) is 2.08. The van der Waals surface area contributed by atoms with Crippen LogP contribution in [-0.4, -0.2) is 10.2 Å². The highest BCUT2D eigenvalue weighted by Gasteiger charge is 1.99. The number of hydrogen-bond donors (Lipinski definition) is 1. The van der Waals surface area contributed by atoms with Crippen LogP contribution in [0.15, 0.2) is 9.64 Å². The number of aryl methyl sites for hydroxylation is 1. The van der Waals surface area contributed by atoms with Crippen LogP contribution < -0.4 is 0 Å². The molecule has 1 heterocycles. The van der Waals surface area contributed by atoms with Crippen LogP contribution in [0.5, 0.6) is 0 Å². The summed E-state index contributed by atoms with van der Waals surface area (Å²) in [5.41, 5.74) is 0. The number of rotatable bonds is 3. The van der Waals surface area contributed by atoms with E-state index in [0.29, 0.717) is 11.1 Å². The fourth-order valence-corrected chi connectivity index (χ4v) is 0.824. The molecule has 0 saturated carbocycles. The highest BCUT2D eigenvalue weighted by molar-refractivity contribution is 7.80. The molecule has 0 aliphatic heterocycles. The van der Waals surface area contributed by atoms with Gasteiger partial charge in [0.2, 0.25) is 5.89 Å². The van der Waals surface area contributed by atoms with Gasteiger partial charge in [-0.05, 0) is 6.42 Å². The van der Waals surface area contributed by atoms with E-state index in [1.165, 1.54) is 0 Å². The molecule has 0 unspecified atom stereocenters. The second-order valence-corrected chi connectivity index (χ2v) is 2.46. The van der Waals surface area contributed by atoms with Crippen molar-refractivity contribution in [3.63, 3.8) is 0 Å². The van der Waals surface area contributed by atoms with Crippen LogP contribution in [0.2, 0.25) is 0 Å². The highest BCUT2D eigenvalue weighted by Crippen LogP contribution is 2.06. The summed E-state index contributed by atoms with van der Waals surface area (Å²) in [6.07, 6.45) is 3.10. The van der Waals surface area contributed by atoms with Crippen molar-refractivity contribution in [1.29, 1.82) is 0 Å². The SMILES string of the molecule is CCCCc1nnc(S)o1. The van der Waals surface area contributed by atoms with Gasteiger partial charge in [-0.15, -0.1) is 10.2 Å². The first-order chi connectivity index (χ1) is 4.83. The number of unbranched alkanes of at least 4 members (excludes halogenated alkanes) is 1. The molecule has 0 spiro atoms. The lowest BCUT2D eigenvalue weighted by molar-refractivity contribution is 0.410. The Morgan fingerprint density at radius 1 is 1.50 bits per heavy atom. The Bertz CT molecular complexity index is 199. The van der Waals surface area contributed by atoms with Gasteiger partial charge in [-0.3, -0.25) is 0 Å². The molecule has 10 heavy (non-hydrogen) atoms. The van der Waals surface area contributed by atoms with Crippen molar-refractivity contribution in [2.45, 2.75) is 31.4 Å². The van der Waals surface area contributed by atoms with Crippen LogP contribution in [-0.2, 0) is 6.42 Å². The van der Waals surface area contributed by atoms with Gasteiger partial charge in [0.05, 0.1) is 0 Å². The number of thiol groups is 1. The molecule has 4 heteroatoms. The first kappa shape index (κ1) is 7.60. The second kappa shape index (κ2) is 3.61. The minimum Gasteiger partial charge on any atom is -0.416 e. The Morgan fingerprint density at radius 2 is 2.30 bits per heavy atom. The lowest BCUT2D eigenvalue weighted by atomic mass is 10.2. The number of nitrogens with zero attached hydrogens (tertiary/aromatic N) is 2. The predicted octanol–water partition coefficient (Wildman–Crippen LogP) is 1.70.